The fraction of sp³-hybridized carbons (Fsp3) is 0.550. The van der Waals surface area contributed by atoms with Gasteiger partial charge in [0.15, 0.2) is 0 Å². The van der Waals surface area contributed by atoms with E-state index in [0.717, 1.165) is 24.2 Å². The standard InChI is InChI=1S/C20H24F3N5O2/c21-19(22)20(23)30-17-11-27(12-17)16-6-4-13(5-7-16)14-9-28(10-14)18(29)3-1-2-15-8-24-26-25-15/h4-8,14,17,19-20H,1-3,9-12H2,(H,24,25,26). The third kappa shape index (κ3) is 4.75. The van der Waals surface area contributed by atoms with Crippen molar-refractivity contribution in [3.05, 3.63) is 41.7 Å². The summed E-state index contributed by atoms with van der Waals surface area (Å²) in [6, 6.07) is 7.98. The highest BCUT2D eigenvalue weighted by Gasteiger charge is 2.34. The zero-order valence-electron chi connectivity index (χ0n) is 16.4. The Morgan fingerprint density at radius 3 is 2.53 bits per heavy atom. The molecule has 0 aliphatic carbocycles. The highest BCUT2D eigenvalue weighted by atomic mass is 19.3. The van der Waals surface area contributed by atoms with E-state index in [2.05, 4.69) is 20.1 Å². The molecular weight excluding hydrogens is 399 g/mol. The Kier molecular flexibility index (Phi) is 6.21. The number of benzene rings is 1. The molecule has 162 valence electrons. The summed E-state index contributed by atoms with van der Waals surface area (Å²) >= 11 is 0. The number of carbonyl (C=O) groups excluding carboxylic acids is 1. The molecule has 2 fully saturated rings. The smallest absolute Gasteiger partial charge is 0.293 e. The van der Waals surface area contributed by atoms with Gasteiger partial charge in [0, 0.05) is 44.2 Å². The lowest BCUT2D eigenvalue weighted by atomic mass is 9.90. The molecular formula is C20H24F3N5O2. The van der Waals surface area contributed by atoms with Crippen LogP contribution in [-0.4, -0.2) is 71.3 Å². The van der Waals surface area contributed by atoms with E-state index in [-0.39, 0.29) is 5.91 Å². The maximum absolute atomic E-state index is 12.9. The quantitative estimate of drug-likeness (QED) is 0.671. The summed E-state index contributed by atoms with van der Waals surface area (Å²) in [5.41, 5.74) is 2.98. The first-order chi connectivity index (χ1) is 14.5. The zero-order chi connectivity index (χ0) is 21.1. The highest BCUT2D eigenvalue weighted by molar-refractivity contribution is 5.77. The molecule has 0 saturated carbocycles. The number of aromatic amines is 1. The van der Waals surface area contributed by atoms with Gasteiger partial charge in [-0.15, -0.1) is 0 Å². The number of anilines is 1. The summed E-state index contributed by atoms with van der Waals surface area (Å²) < 4.78 is 41.9. The number of hydrogen-bond donors (Lipinski definition) is 1. The van der Waals surface area contributed by atoms with E-state index < -0.39 is 18.9 Å². The molecule has 4 rings (SSSR count). The van der Waals surface area contributed by atoms with Crippen LogP contribution in [0.4, 0.5) is 18.9 Å². The third-order valence-corrected chi connectivity index (χ3v) is 5.62. The van der Waals surface area contributed by atoms with Crippen molar-refractivity contribution >= 4 is 11.6 Å². The van der Waals surface area contributed by atoms with E-state index in [4.69, 9.17) is 0 Å². The Morgan fingerprint density at radius 2 is 1.90 bits per heavy atom. The maximum Gasteiger partial charge on any atom is 0.293 e. The highest BCUT2D eigenvalue weighted by Crippen LogP contribution is 2.31. The number of hydrogen-bond acceptors (Lipinski definition) is 5. The average Bonchev–Trinajstić information content (AvgIpc) is 3.17. The van der Waals surface area contributed by atoms with Crippen LogP contribution in [0.1, 0.15) is 30.0 Å². The van der Waals surface area contributed by atoms with Crippen molar-refractivity contribution in [2.45, 2.75) is 44.1 Å². The van der Waals surface area contributed by atoms with Gasteiger partial charge in [-0.05, 0) is 30.5 Å². The first-order valence-corrected chi connectivity index (χ1v) is 10.0. The van der Waals surface area contributed by atoms with E-state index in [9.17, 15) is 18.0 Å². The molecule has 1 aromatic heterocycles. The molecule has 7 nitrogen and oxygen atoms in total. The van der Waals surface area contributed by atoms with Gasteiger partial charge in [-0.2, -0.15) is 15.4 Å². The van der Waals surface area contributed by atoms with Crippen molar-refractivity contribution in [1.82, 2.24) is 20.3 Å². The van der Waals surface area contributed by atoms with Gasteiger partial charge < -0.3 is 14.5 Å². The Morgan fingerprint density at radius 1 is 1.17 bits per heavy atom. The van der Waals surface area contributed by atoms with Gasteiger partial charge in [-0.25, -0.2) is 13.2 Å². The zero-order valence-corrected chi connectivity index (χ0v) is 16.4. The van der Waals surface area contributed by atoms with Crippen LogP contribution >= 0.6 is 0 Å². The van der Waals surface area contributed by atoms with Crippen molar-refractivity contribution in [2.75, 3.05) is 31.1 Å². The minimum Gasteiger partial charge on any atom is -0.366 e. The van der Waals surface area contributed by atoms with Crippen molar-refractivity contribution in [2.24, 2.45) is 0 Å². The second-order valence-corrected chi connectivity index (χ2v) is 7.75. The van der Waals surface area contributed by atoms with Crippen LogP contribution in [0.15, 0.2) is 30.5 Å². The van der Waals surface area contributed by atoms with Crippen LogP contribution < -0.4 is 4.90 Å². The van der Waals surface area contributed by atoms with Crippen LogP contribution in [0.3, 0.4) is 0 Å². The van der Waals surface area contributed by atoms with Crippen LogP contribution in [0.25, 0.3) is 0 Å². The molecule has 2 saturated heterocycles. The number of likely N-dealkylation sites (tertiary alicyclic amines) is 1. The van der Waals surface area contributed by atoms with Crippen molar-refractivity contribution in [3.63, 3.8) is 0 Å². The SMILES string of the molecule is O=C(CCCc1cn[nH]n1)N1CC(c2ccc(N3CC(OC(F)C(F)F)C3)cc2)C1. The molecule has 3 heterocycles. The second kappa shape index (κ2) is 9.03. The van der Waals surface area contributed by atoms with E-state index in [0.29, 0.717) is 38.5 Å². The number of carbonyl (C=O) groups is 1. The lowest BCUT2D eigenvalue weighted by Crippen LogP contribution is -2.53. The van der Waals surface area contributed by atoms with E-state index in [1.54, 1.807) is 6.20 Å². The molecule has 0 radical (unpaired) electrons. The summed E-state index contributed by atoms with van der Waals surface area (Å²) in [6.07, 6.45) is -2.49. The van der Waals surface area contributed by atoms with Gasteiger partial charge in [0.25, 0.3) is 12.8 Å². The number of alkyl halides is 3. The normalized spacial score (nSPS) is 18.4. The van der Waals surface area contributed by atoms with E-state index in [1.165, 1.54) is 5.56 Å². The molecule has 1 amide bonds. The predicted molar refractivity (Wildman–Crippen MR) is 103 cm³/mol. The summed E-state index contributed by atoms with van der Waals surface area (Å²) in [5.74, 6) is 0.484. The van der Waals surface area contributed by atoms with E-state index in [1.807, 2.05) is 34.1 Å². The van der Waals surface area contributed by atoms with Gasteiger partial charge in [0.1, 0.15) is 0 Å². The van der Waals surface area contributed by atoms with Crippen molar-refractivity contribution in [1.29, 1.82) is 0 Å². The van der Waals surface area contributed by atoms with Gasteiger partial charge in [-0.3, -0.25) is 4.79 Å². The van der Waals surface area contributed by atoms with Gasteiger partial charge in [-0.1, -0.05) is 12.1 Å². The van der Waals surface area contributed by atoms with Crippen LogP contribution in [-0.2, 0) is 16.0 Å². The summed E-state index contributed by atoms with van der Waals surface area (Å²) in [6.45, 7) is 2.22. The Bertz CT molecular complexity index is 821. The molecule has 10 heteroatoms. The Balaban J connectivity index is 1.17. The Labute approximate surface area is 172 Å². The summed E-state index contributed by atoms with van der Waals surface area (Å²) in [5, 5.41) is 10.3. The first-order valence-electron chi connectivity index (χ1n) is 10.0. The van der Waals surface area contributed by atoms with Crippen molar-refractivity contribution < 1.29 is 22.7 Å². The molecule has 1 atom stereocenters. The molecule has 0 spiro atoms. The minimum absolute atomic E-state index is 0.160. The van der Waals surface area contributed by atoms with Crippen molar-refractivity contribution in [3.8, 4) is 0 Å². The number of aromatic nitrogens is 3. The van der Waals surface area contributed by atoms with Crippen LogP contribution in [0, 0.1) is 0 Å². The fourth-order valence-electron chi connectivity index (χ4n) is 3.75. The first kappa shape index (κ1) is 20.6. The number of amides is 1. The Hall–Kier alpha value is -2.62. The number of nitrogens with zero attached hydrogens (tertiary/aromatic N) is 4. The molecule has 2 aliphatic rings. The average molecular weight is 423 g/mol. The minimum atomic E-state index is -3.11. The number of ether oxygens (including phenoxy) is 1. The van der Waals surface area contributed by atoms with E-state index >= 15 is 0 Å². The maximum atomic E-state index is 12.9. The monoisotopic (exact) mass is 423 g/mol. The lowest BCUT2D eigenvalue weighted by Gasteiger charge is -2.42. The van der Waals surface area contributed by atoms with Gasteiger partial charge >= 0.3 is 0 Å². The van der Waals surface area contributed by atoms with Gasteiger partial charge in [0.05, 0.1) is 18.0 Å². The topological polar surface area (TPSA) is 74.4 Å². The number of aryl methyl sites for hydroxylation is 1. The molecule has 2 aliphatic heterocycles. The molecule has 1 N–H and O–H groups in total. The molecule has 0 bridgehead atoms. The predicted octanol–water partition coefficient (Wildman–Crippen LogP) is 2.52. The van der Waals surface area contributed by atoms with Crippen LogP contribution in [0.5, 0.6) is 0 Å². The number of H-pyrrole nitrogens is 1. The number of rotatable bonds is 9. The molecule has 30 heavy (non-hydrogen) atoms. The summed E-state index contributed by atoms with van der Waals surface area (Å²) in [7, 11) is 0. The number of halogens is 3. The summed E-state index contributed by atoms with van der Waals surface area (Å²) in [4.78, 5) is 16.1. The van der Waals surface area contributed by atoms with Crippen LogP contribution in [0.2, 0.25) is 0 Å². The second-order valence-electron chi connectivity index (χ2n) is 7.75. The largest absolute Gasteiger partial charge is 0.366 e. The molecule has 2 aromatic rings. The number of nitrogens with one attached hydrogen (secondary N) is 1. The molecule has 1 unspecified atom stereocenters. The third-order valence-electron chi connectivity index (χ3n) is 5.62. The fourth-order valence-corrected chi connectivity index (χ4v) is 3.75. The lowest BCUT2D eigenvalue weighted by molar-refractivity contribution is -0.162. The van der Waals surface area contributed by atoms with Gasteiger partial charge in [0.2, 0.25) is 5.91 Å². The molecule has 1 aromatic carbocycles.